The molecular weight excluding hydrogens is 447 g/mol. The molecule has 1 aliphatic heterocycles. The molecule has 0 unspecified atom stereocenters. The van der Waals surface area contributed by atoms with E-state index in [0.29, 0.717) is 37.6 Å². The van der Waals surface area contributed by atoms with Crippen LogP contribution in [0.3, 0.4) is 0 Å². The summed E-state index contributed by atoms with van der Waals surface area (Å²) in [5.74, 6) is -0.860. The number of piperidine rings is 1. The SMILES string of the molecule is CCCCOc1ccc(CS(=O)(=O)C2(C(=O)NO)CCN(Cc3ccc(F)cc3)CC2)cc1. The maximum Gasteiger partial charge on any atom is 0.264 e. The van der Waals surface area contributed by atoms with Crippen LogP contribution in [0.2, 0.25) is 0 Å². The van der Waals surface area contributed by atoms with Gasteiger partial charge in [0.2, 0.25) is 0 Å². The molecule has 1 amide bonds. The van der Waals surface area contributed by atoms with Crippen LogP contribution in [0.25, 0.3) is 0 Å². The molecule has 1 heterocycles. The molecule has 0 aromatic heterocycles. The molecule has 180 valence electrons. The third-order valence-corrected chi connectivity index (χ3v) is 8.64. The second kappa shape index (κ2) is 11.1. The Balaban J connectivity index is 1.69. The third kappa shape index (κ3) is 6.10. The number of carbonyl (C=O) groups is 1. The Labute approximate surface area is 194 Å². The van der Waals surface area contributed by atoms with Crippen molar-refractivity contribution in [1.29, 1.82) is 0 Å². The number of nitrogens with zero attached hydrogens (tertiary/aromatic N) is 1. The number of hydrogen-bond donors (Lipinski definition) is 2. The van der Waals surface area contributed by atoms with Gasteiger partial charge < -0.3 is 4.74 Å². The van der Waals surface area contributed by atoms with Crippen LogP contribution in [0.4, 0.5) is 4.39 Å². The molecule has 0 bridgehead atoms. The van der Waals surface area contributed by atoms with Gasteiger partial charge >= 0.3 is 0 Å². The summed E-state index contributed by atoms with van der Waals surface area (Å²) in [4.78, 5) is 14.6. The minimum atomic E-state index is -3.93. The minimum Gasteiger partial charge on any atom is -0.494 e. The van der Waals surface area contributed by atoms with Crippen molar-refractivity contribution in [3.63, 3.8) is 0 Å². The molecule has 0 saturated carbocycles. The van der Waals surface area contributed by atoms with E-state index < -0.39 is 20.5 Å². The number of unbranched alkanes of at least 4 members (excludes halogenated alkanes) is 1. The summed E-state index contributed by atoms with van der Waals surface area (Å²) >= 11 is 0. The van der Waals surface area contributed by atoms with Gasteiger partial charge in [-0.25, -0.2) is 18.3 Å². The van der Waals surface area contributed by atoms with Gasteiger partial charge in [-0.05, 0) is 54.7 Å². The predicted molar refractivity (Wildman–Crippen MR) is 123 cm³/mol. The molecule has 0 atom stereocenters. The van der Waals surface area contributed by atoms with Gasteiger partial charge in [0, 0.05) is 19.6 Å². The van der Waals surface area contributed by atoms with E-state index in [0.717, 1.165) is 18.4 Å². The first-order chi connectivity index (χ1) is 15.8. The zero-order chi connectivity index (χ0) is 23.9. The molecule has 2 N–H and O–H groups in total. The molecule has 33 heavy (non-hydrogen) atoms. The van der Waals surface area contributed by atoms with E-state index in [9.17, 15) is 22.8 Å². The lowest BCUT2D eigenvalue weighted by molar-refractivity contribution is -0.133. The van der Waals surface area contributed by atoms with Gasteiger partial charge in [-0.1, -0.05) is 37.6 Å². The Morgan fingerprint density at radius 1 is 1.09 bits per heavy atom. The summed E-state index contributed by atoms with van der Waals surface area (Å²) in [6, 6.07) is 13.0. The molecule has 2 aromatic rings. The van der Waals surface area contributed by atoms with Crippen LogP contribution in [-0.4, -0.2) is 48.9 Å². The molecule has 9 heteroatoms. The number of nitrogens with one attached hydrogen (secondary N) is 1. The lowest BCUT2D eigenvalue weighted by Gasteiger charge is -2.39. The average Bonchev–Trinajstić information content (AvgIpc) is 2.81. The van der Waals surface area contributed by atoms with E-state index in [4.69, 9.17) is 4.74 Å². The van der Waals surface area contributed by atoms with Crippen molar-refractivity contribution in [3.05, 3.63) is 65.5 Å². The first-order valence-corrected chi connectivity index (χ1v) is 12.8. The Morgan fingerprint density at radius 3 is 2.27 bits per heavy atom. The van der Waals surface area contributed by atoms with Crippen LogP contribution in [0.15, 0.2) is 48.5 Å². The van der Waals surface area contributed by atoms with Crippen molar-refractivity contribution in [1.82, 2.24) is 10.4 Å². The first kappa shape index (κ1) is 25.1. The number of hydrogen-bond acceptors (Lipinski definition) is 6. The third-order valence-electron chi connectivity index (χ3n) is 6.14. The van der Waals surface area contributed by atoms with Crippen LogP contribution in [0, 0.1) is 5.82 Å². The van der Waals surface area contributed by atoms with E-state index in [-0.39, 0.29) is 24.4 Å². The largest absolute Gasteiger partial charge is 0.494 e. The highest BCUT2D eigenvalue weighted by Gasteiger charge is 2.51. The molecule has 1 fully saturated rings. The summed E-state index contributed by atoms with van der Waals surface area (Å²) in [6.07, 6.45) is 2.07. The zero-order valence-corrected chi connectivity index (χ0v) is 19.6. The summed E-state index contributed by atoms with van der Waals surface area (Å²) in [6.45, 7) is 3.91. The highest BCUT2D eigenvalue weighted by atomic mass is 32.2. The monoisotopic (exact) mass is 478 g/mol. The van der Waals surface area contributed by atoms with Crippen molar-refractivity contribution in [2.45, 2.75) is 49.7 Å². The lowest BCUT2D eigenvalue weighted by Crippen LogP contribution is -2.57. The van der Waals surface area contributed by atoms with E-state index in [1.807, 2.05) is 4.90 Å². The first-order valence-electron chi connectivity index (χ1n) is 11.1. The highest BCUT2D eigenvalue weighted by Crippen LogP contribution is 2.34. The molecule has 0 aliphatic carbocycles. The van der Waals surface area contributed by atoms with Gasteiger partial charge in [-0.15, -0.1) is 0 Å². The second-order valence-electron chi connectivity index (χ2n) is 8.44. The maximum atomic E-state index is 13.4. The van der Waals surface area contributed by atoms with E-state index in [1.165, 1.54) is 12.1 Å². The lowest BCUT2D eigenvalue weighted by atomic mass is 9.94. The van der Waals surface area contributed by atoms with E-state index in [1.54, 1.807) is 41.9 Å². The fraction of sp³-hybridized carbons (Fsp3) is 0.458. The smallest absolute Gasteiger partial charge is 0.264 e. The second-order valence-corrected chi connectivity index (χ2v) is 10.7. The molecule has 0 spiro atoms. The number of carbonyl (C=O) groups excluding carboxylic acids is 1. The van der Waals surface area contributed by atoms with Crippen molar-refractivity contribution in [2.75, 3.05) is 19.7 Å². The number of ether oxygens (including phenoxy) is 1. The van der Waals surface area contributed by atoms with Crippen molar-refractivity contribution < 1.29 is 27.5 Å². The summed E-state index contributed by atoms with van der Waals surface area (Å²) in [5, 5.41) is 9.32. The Bertz CT molecular complexity index is 1020. The minimum absolute atomic E-state index is 0.0567. The normalized spacial score (nSPS) is 16.3. The van der Waals surface area contributed by atoms with Crippen molar-refractivity contribution in [3.8, 4) is 5.75 Å². The average molecular weight is 479 g/mol. The van der Waals surface area contributed by atoms with Gasteiger partial charge in [0.15, 0.2) is 14.6 Å². The fourth-order valence-corrected chi connectivity index (χ4v) is 6.12. The number of hydroxylamine groups is 1. The molecule has 3 rings (SSSR count). The molecule has 1 aliphatic rings. The molecule has 1 saturated heterocycles. The number of sulfone groups is 1. The molecule has 7 nitrogen and oxygen atoms in total. The maximum absolute atomic E-state index is 13.4. The van der Waals surface area contributed by atoms with Crippen LogP contribution in [0.5, 0.6) is 5.75 Å². The number of halogens is 1. The zero-order valence-electron chi connectivity index (χ0n) is 18.8. The summed E-state index contributed by atoms with van der Waals surface area (Å²) in [5.41, 5.74) is 3.03. The fourth-order valence-electron chi connectivity index (χ4n) is 4.08. The summed E-state index contributed by atoms with van der Waals surface area (Å²) in [7, 11) is -3.93. The van der Waals surface area contributed by atoms with Gasteiger partial charge in [0.1, 0.15) is 11.6 Å². The summed E-state index contributed by atoms with van der Waals surface area (Å²) < 4.78 is 43.9. The van der Waals surface area contributed by atoms with Gasteiger partial charge in [0.05, 0.1) is 12.4 Å². The van der Waals surface area contributed by atoms with E-state index in [2.05, 4.69) is 6.92 Å². The van der Waals surface area contributed by atoms with Crippen LogP contribution in [-0.2, 0) is 26.9 Å². The number of likely N-dealkylation sites (tertiary alicyclic amines) is 1. The van der Waals surface area contributed by atoms with Crippen molar-refractivity contribution in [2.24, 2.45) is 0 Å². The number of amides is 1. The van der Waals surface area contributed by atoms with E-state index >= 15 is 0 Å². The molecule has 0 radical (unpaired) electrons. The Hall–Kier alpha value is -2.49. The number of rotatable bonds is 10. The van der Waals surface area contributed by atoms with Gasteiger partial charge in [0.25, 0.3) is 5.91 Å². The Kier molecular flexibility index (Phi) is 8.45. The van der Waals surface area contributed by atoms with Crippen LogP contribution < -0.4 is 10.2 Å². The van der Waals surface area contributed by atoms with Gasteiger partial charge in [-0.3, -0.25) is 14.9 Å². The van der Waals surface area contributed by atoms with Gasteiger partial charge in [-0.2, -0.15) is 0 Å². The topological polar surface area (TPSA) is 95.9 Å². The Morgan fingerprint density at radius 2 is 1.70 bits per heavy atom. The number of benzene rings is 2. The van der Waals surface area contributed by atoms with Crippen LogP contribution >= 0.6 is 0 Å². The predicted octanol–water partition coefficient (Wildman–Crippen LogP) is 3.46. The quantitative estimate of drug-likeness (QED) is 0.309. The standard InChI is InChI=1S/C24H31FN2O5S/c1-2-3-16-32-22-10-6-20(7-11-22)18-33(30,31)24(23(28)26-29)12-14-27(15-13-24)17-19-4-8-21(25)9-5-19/h4-11,29H,2-3,12-18H2,1H3,(H,26,28). The molecule has 2 aromatic carbocycles. The highest BCUT2D eigenvalue weighted by molar-refractivity contribution is 7.92. The van der Waals surface area contributed by atoms with Crippen LogP contribution in [0.1, 0.15) is 43.7 Å². The van der Waals surface area contributed by atoms with Crippen molar-refractivity contribution >= 4 is 15.7 Å². The molecular formula is C24H31FN2O5S.